The van der Waals surface area contributed by atoms with E-state index in [0.717, 1.165) is 0 Å². The van der Waals surface area contributed by atoms with Gasteiger partial charge in [-0.3, -0.25) is 9.48 Å². The highest BCUT2D eigenvalue weighted by Crippen LogP contribution is 2.34. The van der Waals surface area contributed by atoms with E-state index in [1.54, 1.807) is 39.7 Å². The minimum absolute atomic E-state index is 0.0318. The largest absolute Gasteiger partial charge is 0.454 e. The summed E-state index contributed by atoms with van der Waals surface area (Å²) < 4.78 is 18.6. The van der Waals surface area contributed by atoms with Crippen LogP contribution in [0.4, 0.5) is 10.5 Å². The number of carbonyl (C=O) groups is 2. The van der Waals surface area contributed by atoms with Crippen LogP contribution < -0.4 is 14.8 Å². The first-order valence-electron chi connectivity index (χ1n) is 12.2. The van der Waals surface area contributed by atoms with Crippen molar-refractivity contribution in [3.05, 3.63) is 30.1 Å². The molecule has 0 radical (unpaired) electrons. The number of hydrogen-bond donors (Lipinski definition) is 2. The maximum Gasteiger partial charge on any atom is 0.321 e. The Morgan fingerprint density at radius 1 is 1.33 bits per heavy atom. The Bertz CT molecular complexity index is 1060. The zero-order valence-corrected chi connectivity index (χ0v) is 20.9. The van der Waals surface area contributed by atoms with E-state index < -0.39 is 6.10 Å². The maximum atomic E-state index is 13.0. The summed E-state index contributed by atoms with van der Waals surface area (Å²) >= 11 is 0. The van der Waals surface area contributed by atoms with Crippen molar-refractivity contribution in [3.8, 4) is 11.5 Å². The Hall–Kier alpha value is -3.38. The van der Waals surface area contributed by atoms with Gasteiger partial charge in [0, 0.05) is 50.8 Å². The van der Waals surface area contributed by atoms with E-state index in [1.165, 1.54) is 0 Å². The van der Waals surface area contributed by atoms with Crippen LogP contribution in [0, 0.1) is 5.92 Å². The minimum Gasteiger partial charge on any atom is -0.454 e. The van der Waals surface area contributed by atoms with Crippen LogP contribution in [0.5, 0.6) is 11.5 Å². The number of nitrogens with one attached hydrogen (secondary N) is 1. The molecule has 0 unspecified atom stereocenters. The molecule has 4 rings (SSSR count). The fourth-order valence-corrected chi connectivity index (χ4v) is 4.24. The van der Waals surface area contributed by atoms with Crippen LogP contribution >= 0.6 is 0 Å². The summed E-state index contributed by atoms with van der Waals surface area (Å²) in [7, 11) is 1.69. The number of anilines is 1. The van der Waals surface area contributed by atoms with Crippen LogP contribution in [-0.4, -0.2) is 87.5 Å². The van der Waals surface area contributed by atoms with Gasteiger partial charge in [-0.2, -0.15) is 0 Å². The zero-order chi connectivity index (χ0) is 25.7. The Morgan fingerprint density at radius 3 is 2.94 bits per heavy atom. The van der Waals surface area contributed by atoms with Crippen LogP contribution in [0.1, 0.15) is 32.4 Å². The predicted molar refractivity (Wildman–Crippen MR) is 129 cm³/mol. The molecular formula is C24H34N6O6. The summed E-state index contributed by atoms with van der Waals surface area (Å²) in [5.74, 6) is 1.06. The summed E-state index contributed by atoms with van der Waals surface area (Å²) in [4.78, 5) is 29.2. The number of amides is 3. The molecule has 2 bridgehead atoms. The standard InChI is InChI=1S/C24H34N6O6/c1-16-10-30(17(2)13-31)23(32)5-4-8-29-11-19(26-27-29)14-34-22(16)12-28(3)24(33)25-18-6-7-20-21(9-18)36-15-35-20/h6-7,9,11,16-17,22,31H,4-5,8,10,12-15H2,1-3H3,(H,25,33)/t16-,17-,22+/m1/s1. The number of rotatable bonds is 5. The minimum atomic E-state index is -0.399. The average Bonchev–Trinajstić information content (AvgIpc) is 3.52. The molecule has 3 amide bonds. The molecule has 36 heavy (non-hydrogen) atoms. The van der Waals surface area contributed by atoms with E-state index in [2.05, 4.69) is 15.6 Å². The number of likely N-dealkylation sites (N-methyl/N-ethyl adjacent to an activating group) is 1. The molecule has 2 aromatic rings. The van der Waals surface area contributed by atoms with Gasteiger partial charge >= 0.3 is 6.03 Å². The molecule has 3 atom stereocenters. The molecule has 196 valence electrons. The Balaban J connectivity index is 1.47. The number of benzene rings is 1. The Morgan fingerprint density at radius 2 is 2.14 bits per heavy atom. The van der Waals surface area contributed by atoms with Gasteiger partial charge in [0.2, 0.25) is 12.7 Å². The van der Waals surface area contributed by atoms with Gasteiger partial charge in [-0.1, -0.05) is 12.1 Å². The third-order valence-electron chi connectivity index (χ3n) is 6.47. The Kier molecular flexibility index (Phi) is 8.26. The van der Waals surface area contributed by atoms with Gasteiger partial charge in [0.25, 0.3) is 0 Å². The average molecular weight is 503 g/mol. The predicted octanol–water partition coefficient (Wildman–Crippen LogP) is 1.70. The number of urea groups is 1. The van der Waals surface area contributed by atoms with E-state index in [0.29, 0.717) is 48.8 Å². The van der Waals surface area contributed by atoms with Crippen LogP contribution in [0.2, 0.25) is 0 Å². The zero-order valence-electron chi connectivity index (χ0n) is 20.9. The molecule has 2 N–H and O–H groups in total. The first-order valence-corrected chi connectivity index (χ1v) is 12.2. The molecule has 0 fully saturated rings. The fourth-order valence-electron chi connectivity index (χ4n) is 4.24. The Labute approximate surface area is 210 Å². The summed E-state index contributed by atoms with van der Waals surface area (Å²) in [5, 5.41) is 20.9. The molecule has 2 aliphatic rings. The van der Waals surface area contributed by atoms with Gasteiger partial charge in [0.1, 0.15) is 5.69 Å². The normalized spacial score (nSPS) is 21.2. The van der Waals surface area contributed by atoms with Gasteiger partial charge in [-0.25, -0.2) is 4.79 Å². The summed E-state index contributed by atoms with van der Waals surface area (Å²) in [6, 6.07) is 4.58. The third-order valence-corrected chi connectivity index (χ3v) is 6.47. The molecule has 12 heteroatoms. The number of fused-ring (bicyclic) bond motifs is 3. The van der Waals surface area contributed by atoms with Gasteiger partial charge in [0.15, 0.2) is 11.5 Å². The van der Waals surface area contributed by atoms with Crippen molar-refractivity contribution in [3.63, 3.8) is 0 Å². The highest BCUT2D eigenvalue weighted by Gasteiger charge is 2.29. The lowest BCUT2D eigenvalue weighted by atomic mass is 10.0. The van der Waals surface area contributed by atoms with Crippen molar-refractivity contribution in [2.24, 2.45) is 5.92 Å². The van der Waals surface area contributed by atoms with E-state index in [1.807, 2.05) is 20.0 Å². The SMILES string of the molecule is C[C@@H]1CN([C@H](C)CO)C(=O)CCCn2cc(nn2)CO[C@H]1CN(C)C(=O)Nc1ccc2c(c1)OCO2. The van der Waals surface area contributed by atoms with E-state index in [9.17, 15) is 14.7 Å². The van der Waals surface area contributed by atoms with Crippen molar-refractivity contribution >= 4 is 17.6 Å². The van der Waals surface area contributed by atoms with Crippen molar-refractivity contribution < 1.29 is 28.9 Å². The highest BCUT2D eigenvalue weighted by molar-refractivity contribution is 5.89. The van der Waals surface area contributed by atoms with Gasteiger partial charge in [0.05, 0.1) is 31.6 Å². The van der Waals surface area contributed by atoms with Crippen LogP contribution in [-0.2, 0) is 22.7 Å². The number of carbonyl (C=O) groups excluding carboxylic acids is 2. The first-order chi connectivity index (χ1) is 17.3. The molecule has 1 aromatic heterocycles. The molecule has 2 aliphatic heterocycles. The lowest BCUT2D eigenvalue weighted by Gasteiger charge is -2.35. The van der Waals surface area contributed by atoms with Crippen LogP contribution in [0.25, 0.3) is 0 Å². The number of aryl methyl sites for hydroxylation is 1. The molecule has 0 aliphatic carbocycles. The summed E-state index contributed by atoms with van der Waals surface area (Å²) in [6.07, 6.45) is 2.38. The number of aromatic nitrogens is 3. The molecular weight excluding hydrogens is 468 g/mol. The van der Waals surface area contributed by atoms with Crippen molar-refractivity contribution in [1.29, 1.82) is 0 Å². The van der Waals surface area contributed by atoms with Crippen LogP contribution in [0.3, 0.4) is 0 Å². The molecule has 3 heterocycles. The van der Waals surface area contributed by atoms with Crippen molar-refractivity contribution in [2.45, 2.75) is 52.0 Å². The molecule has 0 spiro atoms. The van der Waals surface area contributed by atoms with Crippen LogP contribution in [0.15, 0.2) is 24.4 Å². The number of ether oxygens (including phenoxy) is 3. The topological polar surface area (TPSA) is 131 Å². The third kappa shape index (κ3) is 6.24. The maximum absolute atomic E-state index is 13.0. The van der Waals surface area contributed by atoms with Crippen molar-refractivity contribution in [2.75, 3.05) is 38.9 Å². The second kappa shape index (κ2) is 11.6. The number of nitrogens with zero attached hydrogens (tertiary/aromatic N) is 5. The second-order valence-corrected chi connectivity index (χ2v) is 9.36. The molecule has 0 saturated carbocycles. The number of hydrogen-bond acceptors (Lipinski definition) is 8. The molecule has 0 saturated heterocycles. The fraction of sp³-hybridized carbons (Fsp3) is 0.583. The first kappa shape index (κ1) is 25.7. The van der Waals surface area contributed by atoms with Gasteiger partial charge < -0.3 is 34.4 Å². The van der Waals surface area contributed by atoms with Crippen molar-refractivity contribution in [1.82, 2.24) is 24.8 Å². The highest BCUT2D eigenvalue weighted by atomic mass is 16.7. The second-order valence-electron chi connectivity index (χ2n) is 9.36. The van der Waals surface area contributed by atoms with E-state index >= 15 is 0 Å². The summed E-state index contributed by atoms with van der Waals surface area (Å²) in [5.41, 5.74) is 1.27. The van der Waals surface area contributed by atoms with Gasteiger partial charge in [-0.15, -0.1) is 5.10 Å². The van der Waals surface area contributed by atoms with Gasteiger partial charge in [-0.05, 0) is 25.5 Å². The monoisotopic (exact) mass is 502 g/mol. The lowest BCUT2D eigenvalue weighted by molar-refractivity contribution is -0.136. The van der Waals surface area contributed by atoms with E-state index in [-0.39, 0.29) is 50.4 Å². The molecule has 1 aromatic carbocycles. The van der Waals surface area contributed by atoms with E-state index in [4.69, 9.17) is 14.2 Å². The number of aliphatic hydroxyl groups is 1. The summed E-state index contributed by atoms with van der Waals surface area (Å²) in [6.45, 7) is 5.31. The number of aliphatic hydroxyl groups excluding tert-OH is 1. The quantitative estimate of drug-likeness (QED) is 0.632. The molecule has 12 nitrogen and oxygen atoms in total. The smallest absolute Gasteiger partial charge is 0.321 e. The lowest BCUT2D eigenvalue weighted by Crippen LogP contribution is -2.48.